The molecular formula is C6H18FeN2O6P2+2. The van der Waals surface area contributed by atoms with Crippen molar-refractivity contribution in [1.82, 2.24) is 0 Å². The summed E-state index contributed by atoms with van der Waals surface area (Å²) in [5.41, 5.74) is 9.81. The van der Waals surface area contributed by atoms with Gasteiger partial charge in [0, 0.05) is 39.3 Å². The summed E-state index contributed by atoms with van der Waals surface area (Å²) in [7, 11) is -5.06. The van der Waals surface area contributed by atoms with Crippen LogP contribution in [0.3, 0.4) is 0 Å². The van der Waals surface area contributed by atoms with Gasteiger partial charge in [0.05, 0.1) is 0 Å². The Morgan fingerprint density at radius 1 is 0.882 bits per heavy atom. The zero-order valence-corrected chi connectivity index (χ0v) is 12.1. The topological polar surface area (TPSA) is 145 Å². The largest absolute Gasteiger partial charge is 0.694 e. The zero-order valence-electron chi connectivity index (χ0n) is 9.17. The van der Waals surface area contributed by atoms with Gasteiger partial charge in [-0.1, -0.05) is 0 Å². The molecule has 17 heavy (non-hydrogen) atoms. The maximum absolute atomic E-state index is 9.95. The van der Waals surface area contributed by atoms with Crippen LogP contribution in [0.5, 0.6) is 0 Å². The normalized spacial score (nSPS) is 10.8. The third kappa shape index (κ3) is 31.5. The Bertz CT molecular complexity index is 179. The molecule has 6 N–H and O–H groups in total. The summed E-state index contributed by atoms with van der Waals surface area (Å²) in [6.07, 6.45) is 1.04. The zero-order chi connectivity index (χ0) is 12.8. The second-order valence-electron chi connectivity index (χ2n) is 2.43. The smallest absolute Gasteiger partial charge is 0.329 e. The molecule has 8 nitrogen and oxygen atoms in total. The summed E-state index contributed by atoms with van der Waals surface area (Å²) in [4.78, 5) is 16.3. The van der Waals surface area contributed by atoms with Crippen molar-refractivity contribution in [2.45, 2.75) is 12.8 Å². The average molecular weight is 332 g/mol. The SMILES string of the molecule is NCCN.O=[P+](O)OCCCCO[P+](=O)O.[Fe]. The molecule has 0 rings (SSSR count). The van der Waals surface area contributed by atoms with Gasteiger partial charge in [-0.15, -0.1) is 18.8 Å². The number of nitrogens with two attached hydrogens (primary N) is 2. The number of rotatable bonds is 8. The van der Waals surface area contributed by atoms with E-state index in [-0.39, 0.29) is 30.3 Å². The Morgan fingerprint density at radius 2 is 1.18 bits per heavy atom. The van der Waals surface area contributed by atoms with Crippen LogP contribution >= 0.6 is 16.5 Å². The maximum Gasteiger partial charge on any atom is 0.694 e. The second-order valence-corrected chi connectivity index (χ2v) is 3.89. The monoisotopic (exact) mass is 332 g/mol. The Morgan fingerprint density at radius 3 is 1.35 bits per heavy atom. The molecule has 0 heterocycles. The van der Waals surface area contributed by atoms with Crippen LogP contribution in [0.15, 0.2) is 0 Å². The van der Waals surface area contributed by atoms with E-state index in [0.717, 1.165) is 0 Å². The van der Waals surface area contributed by atoms with E-state index in [0.29, 0.717) is 25.9 Å². The Balaban J connectivity index is -0.000000340. The Kier molecular flexibility index (Phi) is 25.1. The molecular weight excluding hydrogens is 314 g/mol. The Labute approximate surface area is 112 Å². The van der Waals surface area contributed by atoms with Crippen LogP contribution < -0.4 is 11.5 Å². The first-order valence-corrected chi connectivity index (χ1v) is 6.78. The van der Waals surface area contributed by atoms with Gasteiger partial charge < -0.3 is 11.5 Å². The van der Waals surface area contributed by atoms with Crippen molar-refractivity contribution >= 4 is 16.5 Å². The van der Waals surface area contributed by atoms with Gasteiger partial charge in [-0.3, -0.25) is 0 Å². The van der Waals surface area contributed by atoms with Crippen LogP contribution in [0.1, 0.15) is 12.8 Å². The fraction of sp³-hybridized carbons (Fsp3) is 1.00. The molecule has 0 aromatic carbocycles. The summed E-state index contributed by atoms with van der Waals surface area (Å²) in [6, 6.07) is 0. The molecule has 0 amide bonds. The first kappa shape index (κ1) is 22.6. The fourth-order valence-corrected chi connectivity index (χ4v) is 1.06. The standard InChI is InChI=1S/C4H8O6P2.C2H8N2.Fe/c5-11(6)9-3-1-2-4-10-12(7)8;3-1-2-4;/h1-4H2;1-4H2;/p+2. The summed E-state index contributed by atoms with van der Waals surface area (Å²) in [5.74, 6) is 0. The van der Waals surface area contributed by atoms with Gasteiger partial charge in [-0.05, 0) is 12.8 Å². The summed E-state index contributed by atoms with van der Waals surface area (Å²) >= 11 is 0. The van der Waals surface area contributed by atoms with Gasteiger partial charge in [0.25, 0.3) is 0 Å². The predicted molar refractivity (Wildman–Crippen MR) is 58.9 cm³/mol. The molecule has 0 aliphatic rings. The van der Waals surface area contributed by atoms with Crippen molar-refractivity contribution in [3.05, 3.63) is 0 Å². The average Bonchev–Trinajstić information content (AvgIpc) is 2.23. The van der Waals surface area contributed by atoms with E-state index < -0.39 is 16.5 Å². The van der Waals surface area contributed by atoms with Gasteiger partial charge in [0.1, 0.15) is 13.2 Å². The van der Waals surface area contributed by atoms with Gasteiger partial charge >= 0.3 is 16.5 Å². The van der Waals surface area contributed by atoms with E-state index >= 15 is 0 Å². The third-order valence-electron chi connectivity index (χ3n) is 1.11. The van der Waals surface area contributed by atoms with Gasteiger partial charge in [-0.25, -0.2) is 0 Å². The quantitative estimate of drug-likeness (QED) is 0.276. The van der Waals surface area contributed by atoms with E-state index in [2.05, 4.69) is 9.05 Å². The maximum atomic E-state index is 9.95. The van der Waals surface area contributed by atoms with Crippen LogP contribution in [0.2, 0.25) is 0 Å². The fourth-order valence-electron chi connectivity index (χ4n) is 0.489. The van der Waals surface area contributed by atoms with Gasteiger partial charge in [0.15, 0.2) is 0 Å². The summed E-state index contributed by atoms with van der Waals surface area (Å²) in [5, 5.41) is 0. The third-order valence-corrected chi connectivity index (χ3v) is 1.92. The molecule has 2 atom stereocenters. The molecule has 0 bridgehead atoms. The van der Waals surface area contributed by atoms with E-state index in [1.807, 2.05) is 0 Å². The number of unbranched alkanes of at least 4 members (excludes halogenated alkanes) is 1. The molecule has 0 aromatic rings. The van der Waals surface area contributed by atoms with Crippen LogP contribution in [0.4, 0.5) is 0 Å². The molecule has 0 aliphatic heterocycles. The second kappa shape index (κ2) is 18.8. The van der Waals surface area contributed by atoms with E-state index in [1.165, 1.54) is 0 Å². The van der Waals surface area contributed by atoms with Crippen molar-refractivity contribution in [1.29, 1.82) is 0 Å². The molecule has 0 aliphatic carbocycles. The minimum Gasteiger partial charge on any atom is -0.329 e. The predicted octanol–water partition coefficient (Wildman–Crippen LogP) is 0.000500. The van der Waals surface area contributed by atoms with Gasteiger partial charge in [0.2, 0.25) is 0 Å². The number of hydrogen-bond acceptors (Lipinski definition) is 6. The summed E-state index contributed by atoms with van der Waals surface area (Å²) in [6.45, 7) is 1.49. The minimum absolute atomic E-state index is 0. The molecule has 11 heteroatoms. The first-order valence-electron chi connectivity index (χ1n) is 4.52. The van der Waals surface area contributed by atoms with Crippen molar-refractivity contribution in [2.75, 3.05) is 26.3 Å². The summed E-state index contributed by atoms with van der Waals surface area (Å²) < 4.78 is 28.5. The van der Waals surface area contributed by atoms with E-state index in [1.54, 1.807) is 0 Å². The van der Waals surface area contributed by atoms with Crippen LogP contribution in [0.25, 0.3) is 0 Å². The molecule has 0 saturated heterocycles. The Hall–Kier alpha value is 0.479. The van der Waals surface area contributed by atoms with Crippen molar-refractivity contribution in [3.63, 3.8) is 0 Å². The van der Waals surface area contributed by atoms with Crippen molar-refractivity contribution in [3.8, 4) is 0 Å². The van der Waals surface area contributed by atoms with Crippen LogP contribution in [0, 0.1) is 0 Å². The van der Waals surface area contributed by atoms with Crippen LogP contribution in [-0.4, -0.2) is 36.1 Å². The van der Waals surface area contributed by atoms with E-state index in [9.17, 15) is 9.13 Å². The van der Waals surface area contributed by atoms with Gasteiger partial charge in [-0.2, -0.15) is 0 Å². The first-order chi connectivity index (χ1) is 7.54. The molecule has 2 unspecified atom stereocenters. The van der Waals surface area contributed by atoms with E-state index in [4.69, 9.17) is 21.3 Å². The molecule has 104 valence electrons. The molecule has 0 fully saturated rings. The van der Waals surface area contributed by atoms with Crippen molar-refractivity contribution < 1.29 is 45.0 Å². The molecule has 0 radical (unpaired) electrons. The molecule has 0 aromatic heterocycles. The van der Waals surface area contributed by atoms with Crippen LogP contribution in [-0.2, 0) is 35.2 Å². The minimum atomic E-state index is -2.53. The number of hydrogen-bond donors (Lipinski definition) is 4. The molecule has 0 spiro atoms. The molecule has 0 saturated carbocycles. The van der Waals surface area contributed by atoms with Crippen molar-refractivity contribution in [2.24, 2.45) is 11.5 Å².